The lowest BCUT2D eigenvalue weighted by atomic mass is 10.3. The van der Waals surface area contributed by atoms with Crippen molar-refractivity contribution in [1.29, 1.82) is 0 Å². The van der Waals surface area contributed by atoms with E-state index in [1.807, 2.05) is 0 Å². The molecular formula is C8H6ClF3O3S. The number of benzene rings is 1. The number of carbonyl (C=O) groups is 1. The van der Waals surface area contributed by atoms with Crippen molar-refractivity contribution in [1.82, 2.24) is 0 Å². The maximum absolute atomic E-state index is 11.8. The van der Waals surface area contributed by atoms with Gasteiger partial charge in [-0.3, -0.25) is 9.00 Å². The van der Waals surface area contributed by atoms with Crippen LogP contribution >= 0.6 is 10.7 Å². The van der Waals surface area contributed by atoms with Gasteiger partial charge < -0.3 is 4.74 Å². The largest absolute Gasteiger partial charge is 0.573 e. The number of ether oxygens (including phenoxy) is 1. The van der Waals surface area contributed by atoms with Crippen LogP contribution in [-0.2, 0) is 13.9 Å². The summed E-state index contributed by atoms with van der Waals surface area (Å²) in [6, 6.07) is 3.95. The first-order chi connectivity index (χ1) is 7.24. The highest BCUT2D eigenvalue weighted by Gasteiger charge is 2.31. The van der Waals surface area contributed by atoms with Gasteiger partial charge in [0.1, 0.15) is 5.75 Å². The lowest BCUT2D eigenvalue weighted by Gasteiger charge is -2.11. The maximum atomic E-state index is 11.8. The first kappa shape index (κ1) is 13.0. The van der Waals surface area contributed by atoms with E-state index in [1.54, 1.807) is 0 Å². The van der Waals surface area contributed by atoms with Gasteiger partial charge in [-0.05, 0) is 34.9 Å². The van der Waals surface area contributed by atoms with Crippen molar-refractivity contribution in [3.63, 3.8) is 0 Å². The summed E-state index contributed by atoms with van der Waals surface area (Å²) in [5.74, 6) is -0.473. The molecule has 3 nitrogen and oxygen atoms in total. The van der Waals surface area contributed by atoms with E-state index < -0.39 is 21.3 Å². The van der Waals surface area contributed by atoms with Gasteiger partial charge in [0.05, 0.1) is 0 Å². The molecule has 0 N–H and O–H groups in total. The smallest absolute Gasteiger partial charge is 0.406 e. The fourth-order valence-corrected chi connectivity index (χ4v) is 1.93. The van der Waals surface area contributed by atoms with Crippen molar-refractivity contribution in [2.45, 2.75) is 11.3 Å². The molecule has 0 heterocycles. The van der Waals surface area contributed by atoms with E-state index in [1.165, 1.54) is 0 Å². The Bertz CT molecular complexity index is 429. The molecule has 0 radical (unpaired) electrons. The van der Waals surface area contributed by atoms with Crippen molar-refractivity contribution in [3.8, 4) is 5.75 Å². The van der Waals surface area contributed by atoms with Crippen LogP contribution in [0.2, 0.25) is 0 Å². The monoisotopic (exact) mass is 274 g/mol. The van der Waals surface area contributed by atoms with E-state index >= 15 is 0 Å². The molecule has 0 unspecified atom stereocenters. The first-order valence-electron chi connectivity index (χ1n) is 3.87. The molecule has 0 atom stereocenters. The number of alkyl halides is 3. The second kappa shape index (κ2) is 4.42. The molecule has 0 aromatic heterocycles. The lowest BCUT2D eigenvalue weighted by Crippen LogP contribution is -2.17. The molecule has 0 aliphatic rings. The molecule has 1 rings (SSSR count). The Morgan fingerprint density at radius 2 is 1.75 bits per heavy atom. The Morgan fingerprint density at radius 3 is 2.12 bits per heavy atom. The van der Waals surface area contributed by atoms with E-state index in [0.29, 0.717) is 0 Å². The summed E-state index contributed by atoms with van der Waals surface area (Å²) >= 11 is 0. The number of halogens is 4. The van der Waals surface area contributed by atoms with E-state index in [-0.39, 0.29) is 10.5 Å². The molecule has 0 spiro atoms. The predicted molar refractivity (Wildman–Crippen MR) is 53.5 cm³/mol. The standard InChI is InChI=1S/C8H6ClF3O3S/c9-16(14,5-13)7-3-1-6(2-4-7)15-8(10,11)12/h1-5,16H. The van der Waals surface area contributed by atoms with Crippen LogP contribution in [0.1, 0.15) is 0 Å². The van der Waals surface area contributed by atoms with Crippen LogP contribution in [0.4, 0.5) is 13.2 Å². The van der Waals surface area contributed by atoms with Gasteiger partial charge in [0.25, 0.3) is 0 Å². The zero-order valence-electron chi connectivity index (χ0n) is 7.57. The van der Waals surface area contributed by atoms with Crippen LogP contribution in [0.15, 0.2) is 29.2 Å². The minimum atomic E-state index is -4.79. The number of thiol groups is 1. The predicted octanol–water partition coefficient (Wildman–Crippen LogP) is 2.30. The average Bonchev–Trinajstić information content (AvgIpc) is 2.16. The molecule has 0 bridgehead atoms. The Balaban J connectivity index is 2.92. The minimum Gasteiger partial charge on any atom is -0.406 e. The van der Waals surface area contributed by atoms with Gasteiger partial charge in [0, 0.05) is 14.0 Å². The van der Waals surface area contributed by atoms with Crippen molar-refractivity contribution < 1.29 is 26.9 Å². The topological polar surface area (TPSA) is 43.4 Å². The Hall–Kier alpha value is -1.08. The van der Waals surface area contributed by atoms with Crippen LogP contribution < -0.4 is 4.74 Å². The van der Waals surface area contributed by atoms with Crippen molar-refractivity contribution in [2.75, 3.05) is 0 Å². The summed E-state index contributed by atoms with van der Waals surface area (Å²) < 4.78 is 50.2. The summed E-state index contributed by atoms with van der Waals surface area (Å²) in [6.45, 7) is 0. The van der Waals surface area contributed by atoms with Crippen LogP contribution in [0.3, 0.4) is 0 Å². The molecule has 8 heteroatoms. The molecule has 0 aliphatic carbocycles. The van der Waals surface area contributed by atoms with Crippen LogP contribution in [0, 0.1) is 0 Å². The second-order valence-electron chi connectivity index (χ2n) is 2.72. The summed E-state index contributed by atoms with van der Waals surface area (Å²) in [5, 5.41) is 0. The number of carbonyl (C=O) groups excluding carboxylic acids is 1. The van der Waals surface area contributed by atoms with Crippen LogP contribution in [0.25, 0.3) is 0 Å². The third-order valence-corrected chi connectivity index (χ3v) is 3.66. The van der Waals surface area contributed by atoms with Crippen LogP contribution in [-0.4, -0.2) is 16.2 Å². The molecule has 16 heavy (non-hydrogen) atoms. The number of rotatable bonds is 3. The Morgan fingerprint density at radius 1 is 1.25 bits per heavy atom. The van der Waals surface area contributed by atoms with E-state index in [2.05, 4.69) is 4.74 Å². The SMILES string of the molecule is O=C[SH](=O)(Cl)c1ccc(OC(F)(F)F)cc1. The summed E-state index contributed by atoms with van der Waals surface area (Å²) in [4.78, 5) is 10.3. The minimum absolute atomic E-state index is 0.0429. The summed E-state index contributed by atoms with van der Waals surface area (Å²) in [5.41, 5.74) is 0.0637. The summed E-state index contributed by atoms with van der Waals surface area (Å²) in [7, 11) is 1.71. The zero-order valence-corrected chi connectivity index (χ0v) is 9.22. The van der Waals surface area contributed by atoms with Gasteiger partial charge in [0.15, 0.2) is 5.62 Å². The first-order valence-corrected chi connectivity index (χ1v) is 6.55. The number of hydrogen-bond donors (Lipinski definition) is 1. The van der Waals surface area contributed by atoms with Gasteiger partial charge in [-0.2, -0.15) is 0 Å². The highest BCUT2D eigenvalue weighted by molar-refractivity contribution is 8.33. The quantitative estimate of drug-likeness (QED) is 0.522. The van der Waals surface area contributed by atoms with Crippen LogP contribution in [0.5, 0.6) is 5.75 Å². The van der Waals surface area contributed by atoms with Crippen molar-refractivity contribution in [2.24, 2.45) is 0 Å². The molecule has 0 saturated carbocycles. The fourth-order valence-electron chi connectivity index (χ4n) is 0.912. The molecule has 90 valence electrons. The fraction of sp³-hybridized carbons (Fsp3) is 0.125. The number of hydrogen-bond acceptors (Lipinski definition) is 3. The molecule has 0 amide bonds. The van der Waals surface area contributed by atoms with Gasteiger partial charge in [-0.15, -0.1) is 13.2 Å². The van der Waals surface area contributed by atoms with Gasteiger partial charge in [0.2, 0.25) is 0 Å². The van der Waals surface area contributed by atoms with Gasteiger partial charge in [-0.25, -0.2) is 0 Å². The van der Waals surface area contributed by atoms with E-state index in [0.717, 1.165) is 24.3 Å². The lowest BCUT2D eigenvalue weighted by molar-refractivity contribution is -0.274. The average molecular weight is 275 g/mol. The highest BCUT2D eigenvalue weighted by atomic mass is 35.7. The van der Waals surface area contributed by atoms with Gasteiger partial charge in [-0.1, -0.05) is 0 Å². The van der Waals surface area contributed by atoms with Crippen molar-refractivity contribution >= 4 is 25.4 Å². The Labute approximate surface area is 94.1 Å². The normalized spacial score (nSPS) is 13.2. The maximum Gasteiger partial charge on any atom is 0.573 e. The molecule has 1 aromatic carbocycles. The van der Waals surface area contributed by atoms with E-state index in [9.17, 15) is 22.2 Å². The molecular weight excluding hydrogens is 269 g/mol. The molecule has 0 fully saturated rings. The molecule has 0 saturated heterocycles. The summed E-state index contributed by atoms with van der Waals surface area (Å²) in [6.07, 6.45) is -4.79. The van der Waals surface area contributed by atoms with Crippen molar-refractivity contribution in [3.05, 3.63) is 24.3 Å². The van der Waals surface area contributed by atoms with Gasteiger partial charge >= 0.3 is 6.36 Å². The second-order valence-corrected chi connectivity index (χ2v) is 6.11. The third-order valence-electron chi connectivity index (χ3n) is 1.56. The zero-order chi connectivity index (χ0) is 12.4. The highest BCUT2D eigenvalue weighted by Crippen LogP contribution is 2.26. The Kier molecular flexibility index (Phi) is 3.59. The van der Waals surface area contributed by atoms with E-state index in [4.69, 9.17) is 10.7 Å². The molecule has 1 aromatic rings. The third kappa shape index (κ3) is 3.49. The molecule has 0 aliphatic heterocycles.